The molecule has 3 rings (SSSR count). The molecule has 1 amide bonds. The number of hydrogen-bond donors (Lipinski definition) is 2. The molecule has 8 nitrogen and oxygen atoms in total. The topological polar surface area (TPSA) is 124 Å². The SMILES string of the molecule is CC(C)COc1cccc(-c2nc(Cl)ccc2C(=O)NS(=O)(=O)c2cccc(N)n2)c1. The van der Waals surface area contributed by atoms with E-state index in [0.717, 1.165) is 0 Å². The number of nitrogens with one attached hydrogen (secondary N) is 1. The largest absolute Gasteiger partial charge is 0.493 e. The Bertz CT molecular complexity index is 1220. The van der Waals surface area contributed by atoms with E-state index in [1.165, 1.54) is 30.3 Å². The number of sulfonamides is 1. The summed E-state index contributed by atoms with van der Waals surface area (Å²) in [6.07, 6.45) is 0. The fraction of sp³-hybridized carbons (Fsp3) is 0.190. The first-order valence-corrected chi connectivity index (χ1v) is 11.2. The van der Waals surface area contributed by atoms with Crippen LogP contribution in [-0.2, 0) is 10.0 Å². The van der Waals surface area contributed by atoms with Gasteiger partial charge in [-0.2, -0.15) is 8.42 Å². The molecule has 0 bridgehead atoms. The third-order valence-corrected chi connectivity index (χ3v) is 5.49. The average molecular weight is 461 g/mol. The molecule has 10 heteroatoms. The smallest absolute Gasteiger partial charge is 0.281 e. The zero-order valence-electron chi connectivity index (χ0n) is 16.9. The molecule has 0 saturated heterocycles. The molecular weight excluding hydrogens is 440 g/mol. The van der Waals surface area contributed by atoms with Crippen LogP contribution in [0.15, 0.2) is 59.6 Å². The lowest BCUT2D eigenvalue weighted by Crippen LogP contribution is -2.31. The summed E-state index contributed by atoms with van der Waals surface area (Å²) in [7, 11) is -4.24. The van der Waals surface area contributed by atoms with Crippen molar-refractivity contribution in [3.8, 4) is 17.0 Å². The van der Waals surface area contributed by atoms with Crippen LogP contribution >= 0.6 is 11.6 Å². The molecule has 1 aromatic carbocycles. The lowest BCUT2D eigenvalue weighted by molar-refractivity contribution is 0.0981. The number of nitrogen functional groups attached to an aromatic ring is 1. The van der Waals surface area contributed by atoms with Crippen LogP contribution in [0.25, 0.3) is 11.3 Å². The number of halogens is 1. The third-order valence-electron chi connectivity index (χ3n) is 4.04. The molecule has 0 fully saturated rings. The van der Waals surface area contributed by atoms with Crippen LogP contribution in [0.4, 0.5) is 5.82 Å². The van der Waals surface area contributed by atoms with Crippen molar-refractivity contribution >= 4 is 33.3 Å². The molecule has 2 heterocycles. The minimum absolute atomic E-state index is 0.0161. The van der Waals surface area contributed by atoms with Crippen molar-refractivity contribution in [3.05, 3.63) is 65.3 Å². The third kappa shape index (κ3) is 5.71. The van der Waals surface area contributed by atoms with Gasteiger partial charge in [0.2, 0.25) is 0 Å². The number of nitrogens with zero attached hydrogens (tertiary/aromatic N) is 2. The number of aromatic nitrogens is 2. The molecule has 3 aromatic rings. The Balaban J connectivity index is 1.95. The molecule has 3 N–H and O–H groups in total. The van der Waals surface area contributed by atoms with E-state index in [9.17, 15) is 13.2 Å². The predicted molar refractivity (Wildman–Crippen MR) is 118 cm³/mol. The summed E-state index contributed by atoms with van der Waals surface area (Å²) in [4.78, 5) is 20.9. The summed E-state index contributed by atoms with van der Waals surface area (Å²) in [5.41, 5.74) is 6.34. The Morgan fingerprint density at radius 1 is 1.13 bits per heavy atom. The first kappa shape index (κ1) is 22.5. The summed E-state index contributed by atoms with van der Waals surface area (Å²) in [5, 5.41) is -0.214. The summed E-state index contributed by atoms with van der Waals surface area (Å²) in [5.74, 6) is 0.0651. The van der Waals surface area contributed by atoms with Crippen molar-refractivity contribution in [2.45, 2.75) is 18.9 Å². The highest BCUT2D eigenvalue weighted by molar-refractivity contribution is 7.90. The van der Waals surface area contributed by atoms with Crippen molar-refractivity contribution in [1.29, 1.82) is 0 Å². The molecule has 0 aliphatic rings. The summed E-state index contributed by atoms with van der Waals surface area (Å²) in [6.45, 7) is 4.58. The van der Waals surface area contributed by atoms with Crippen molar-refractivity contribution in [1.82, 2.24) is 14.7 Å². The Labute approximate surface area is 185 Å². The van der Waals surface area contributed by atoms with Gasteiger partial charge in [-0.15, -0.1) is 0 Å². The van der Waals surface area contributed by atoms with Gasteiger partial charge in [0.25, 0.3) is 15.9 Å². The van der Waals surface area contributed by atoms with E-state index >= 15 is 0 Å². The van der Waals surface area contributed by atoms with Crippen molar-refractivity contribution in [3.63, 3.8) is 0 Å². The molecule has 2 aromatic heterocycles. The maximum Gasteiger partial charge on any atom is 0.281 e. The van der Waals surface area contributed by atoms with Gasteiger partial charge < -0.3 is 10.5 Å². The van der Waals surface area contributed by atoms with Gasteiger partial charge in [-0.1, -0.05) is 43.6 Å². The van der Waals surface area contributed by atoms with Gasteiger partial charge in [-0.05, 0) is 42.3 Å². The standard InChI is InChI=1S/C21H21ClN4O4S/c1-13(2)12-30-15-6-3-5-14(11-15)20-16(9-10-17(22)24-20)21(27)26-31(28,29)19-8-4-7-18(23)25-19/h3-11,13H,12H2,1-2H3,(H2,23,25)(H,26,27). The number of amides is 1. The van der Waals surface area contributed by atoms with Crippen LogP contribution in [0.1, 0.15) is 24.2 Å². The predicted octanol–water partition coefficient (Wildman–Crippen LogP) is 3.53. The van der Waals surface area contributed by atoms with Crippen LogP contribution in [0.3, 0.4) is 0 Å². The van der Waals surface area contributed by atoms with E-state index in [1.807, 2.05) is 18.6 Å². The second-order valence-electron chi connectivity index (χ2n) is 7.10. The Morgan fingerprint density at radius 3 is 2.58 bits per heavy atom. The van der Waals surface area contributed by atoms with E-state index in [4.69, 9.17) is 22.1 Å². The number of benzene rings is 1. The first-order valence-electron chi connectivity index (χ1n) is 9.35. The van der Waals surface area contributed by atoms with E-state index in [1.54, 1.807) is 24.3 Å². The van der Waals surface area contributed by atoms with Crippen molar-refractivity contribution in [2.24, 2.45) is 5.92 Å². The zero-order chi connectivity index (χ0) is 22.6. The van der Waals surface area contributed by atoms with Gasteiger partial charge in [0, 0.05) is 5.56 Å². The lowest BCUT2D eigenvalue weighted by Gasteiger charge is -2.13. The second kappa shape index (κ2) is 9.32. The molecule has 31 heavy (non-hydrogen) atoms. The molecule has 0 aliphatic heterocycles. The van der Waals surface area contributed by atoms with Crippen LogP contribution in [0, 0.1) is 5.92 Å². The number of carbonyl (C=O) groups excluding carboxylic acids is 1. The highest BCUT2D eigenvalue weighted by Gasteiger charge is 2.23. The number of anilines is 1. The number of hydrogen-bond acceptors (Lipinski definition) is 7. The van der Waals surface area contributed by atoms with E-state index < -0.39 is 15.9 Å². The maximum atomic E-state index is 12.9. The van der Waals surface area contributed by atoms with Gasteiger partial charge in [0.15, 0.2) is 5.03 Å². The molecular formula is C21H21ClN4O4S. The molecule has 0 atom stereocenters. The van der Waals surface area contributed by atoms with Gasteiger partial charge in [0.1, 0.15) is 16.7 Å². The molecule has 0 spiro atoms. The normalized spacial score (nSPS) is 11.4. The highest BCUT2D eigenvalue weighted by Crippen LogP contribution is 2.27. The maximum absolute atomic E-state index is 12.9. The van der Waals surface area contributed by atoms with Gasteiger partial charge in [0.05, 0.1) is 17.9 Å². The number of pyridine rings is 2. The summed E-state index contributed by atoms with van der Waals surface area (Å²) in [6, 6.07) is 13.9. The van der Waals surface area contributed by atoms with E-state index in [-0.39, 0.29) is 27.3 Å². The van der Waals surface area contributed by atoms with Gasteiger partial charge in [-0.25, -0.2) is 14.7 Å². The Hall–Kier alpha value is -3.17. The molecule has 0 unspecified atom stereocenters. The Morgan fingerprint density at radius 2 is 1.87 bits per heavy atom. The number of nitrogens with two attached hydrogens (primary N) is 1. The quantitative estimate of drug-likeness (QED) is 0.516. The highest BCUT2D eigenvalue weighted by atomic mass is 35.5. The van der Waals surface area contributed by atoms with Gasteiger partial charge in [-0.3, -0.25) is 4.79 Å². The monoisotopic (exact) mass is 460 g/mol. The fourth-order valence-corrected chi connectivity index (χ4v) is 3.73. The van der Waals surface area contributed by atoms with Crippen LogP contribution in [0.5, 0.6) is 5.75 Å². The minimum atomic E-state index is -4.24. The molecule has 0 saturated carbocycles. The fourth-order valence-electron chi connectivity index (χ4n) is 2.64. The van der Waals surface area contributed by atoms with Crippen LogP contribution in [-0.4, -0.2) is 30.9 Å². The molecule has 0 radical (unpaired) electrons. The number of rotatable bonds is 7. The minimum Gasteiger partial charge on any atom is -0.493 e. The molecule has 0 aliphatic carbocycles. The van der Waals surface area contributed by atoms with E-state index in [0.29, 0.717) is 23.8 Å². The first-order chi connectivity index (χ1) is 14.7. The number of ether oxygens (including phenoxy) is 1. The number of carbonyl (C=O) groups is 1. The summed E-state index contributed by atoms with van der Waals surface area (Å²) < 4.78 is 32.9. The van der Waals surface area contributed by atoms with Crippen LogP contribution < -0.4 is 15.2 Å². The van der Waals surface area contributed by atoms with E-state index in [2.05, 4.69) is 9.97 Å². The average Bonchev–Trinajstić information content (AvgIpc) is 2.72. The van der Waals surface area contributed by atoms with Crippen molar-refractivity contribution in [2.75, 3.05) is 12.3 Å². The summed E-state index contributed by atoms with van der Waals surface area (Å²) >= 11 is 6.04. The Kier molecular flexibility index (Phi) is 6.77. The van der Waals surface area contributed by atoms with Crippen LogP contribution in [0.2, 0.25) is 5.15 Å². The zero-order valence-corrected chi connectivity index (χ0v) is 18.4. The second-order valence-corrected chi connectivity index (χ2v) is 9.11. The van der Waals surface area contributed by atoms with Gasteiger partial charge >= 0.3 is 0 Å². The lowest BCUT2D eigenvalue weighted by atomic mass is 10.1. The molecule has 162 valence electrons. The van der Waals surface area contributed by atoms with Crippen molar-refractivity contribution < 1.29 is 17.9 Å².